The maximum atomic E-state index is 13.2. The minimum absolute atomic E-state index is 0.0153. The quantitative estimate of drug-likeness (QED) is 0.676. The maximum Gasteiger partial charge on any atom is 0.277 e. The zero-order valence-corrected chi connectivity index (χ0v) is 16.5. The lowest BCUT2D eigenvalue weighted by Gasteiger charge is -2.29. The van der Waals surface area contributed by atoms with Crippen LogP contribution >= 0.6 is 0 Å². The number of aromatic nitrogens is 2. The van der Waals surface area contributed by atoms with Crippen molar-refractivity contribution in [2.24, 2.45) is 0 Å². The van der Waals surface area contributed by atoms with Gasteiger partial charge in [-0.3, -0.25) is 9.59 Å². The summed E-state index contributed by atoms with van der Waals surface area (Å²) in [4.78, 5) is 35.5. The van der Waals surface area contributed by atoms with Crippen LogP contribution in [0.1, 0.15) is 45.4 Å². The van der Waals surface area contributed by atoms with Gasteiger partial charge in [0.25, 0.3) is 5.91 Å². The molecule has 0 unspecified atom stereocenters. The van der Waals surface area contributed by atoms with Crippen molar-refractivity contribution in [1.82, 2.24) is 9.97 Å². The first-order valence-electron chi connectivity index (χ1n) is 9.65. The molecule has 1 N–H and O–H groups in total. The van der Waals surface area contributed by atoms with Crippen molar-refractivity contribution >= 4 is 29.0 Å². The van der Waals surface area contributed by atoms with Gasteiger partial charge in [-0.25, -0.2) is 9.97 Å². The van der Waals surface area contributed by atoms with Crippen molar-refractivity contribution in [1.29, 1.82) is 0 Å². The van der Waals surface area contributed by atoms with E-state index in [1.807, 2.05) is 31.2 Å². The molecule has 0 atom stereocenters. The molecule has 1 aromatic heterocycles. The van der Waals surface area contributed by atoms with E-state index >= 15 is 0 Å². The summed E-state index contributed by atoms with van der Waals surface area (Å²) in [6.07, 6.45) is 1.90. The zero-order valence-electron chi connectivity index (χ0n) is 16.5. The lowest BCUT2D eigenvalue weighted by molar-refractivity contribution is 0.0978. The summed E-state index contributed by atoms with van der Waals surface area (Å²) in [6, 6.07) is 16.8. The number of aryl methyl sites for hydroxylation is 2. The summed E-state index contributed by atoms with van der Waals surface area (Å²) in [5.74, 6) is 0.181. The Kier molecular flexibility index (Phi) is 5.08. The molecule has 1 aliphatic rings. The number of amides is 1. The van der Waals surface area contributed by atoms with Crippen LogP contribution in [0.5, 0.6) is 0 Å². The summed E-state index contributed by atoms with van der Waals surface area (Å²) in [7, 11) is 0. The normalized spacial score (nSPS) is 13.0. The highest BCUT2D eigenvalue weighted by atomic mass is 16.2. The van der Waals surface area contributed by atoms with Crippen molar-refractivity contribution in [3.63, 3.8) is 0 Å². The van der Waals surface area contributed by atoms with Crippen LogP contribution in [-0.4, -0.2) is 28.2 Å². The monoisotopic (exact) mass is 386 g/mol. The lowest BCUT2D eigenvalue weighted by Crippen LogP contribution is -2.36. The van der Waals surface area contributed by atoms with Gasteiger partial charge >= 0.3 is 0 Å². The van der Waals surface area contributed by atoms with E-state index in [1.54, 1.807) is 29.2 Å². The van der Waals surface area contributed by atoms with Crippen molar-refractivity contribution in [3.8, 4) is 0 Å². The summed E-state index contributed by atoms with van der Waals surface area (Å²) in [5.41, 5.74) is 4.47. The Balaban J connectivity index is 1.63. The minimum Gasteiger partial charge on any atom is -0.324 e. The average Bonchev–Trinajstić information content (AvgIpc) is 2.72. The Labute approximate surface area is 169 Å². The van der Waals surface area contributed by atoms with Gasteiger partial charge in [0.15, 0.2) is 5.78 Å². The van der Waals surface area contributed by atoms with Gasteiger partial charge in [0.2, 0.25) is 5.95 Å². The van der Waals surface area contributed by atoms with Crippen LogP contribution in [0, 0.1) is 6.92 Å². The number of hydrogen-bond donors (Lipinski definition) is 1. The molecule has 6 heteroatoms. The molecule has 29 heavy (non-hydrogen) atoms. The fourth-order valence-electron chi connectivity index (χ4n) is 3.56. The molecule has 146 valence electrons. The zero-order chi connectivity index (χ0) is 20.4. The predicted octanol–water partition coefficient (Wildman–Crippen LogP) is 4.32. The van der Waals surface area contributed by atoms with E-state index in [9.17, 15) is 9.59 Å². The van der Waals surface area contributed by atoms with Crippen LogP contribution < -0.4 is 10.2 Å². The van der Waals surface area contributed by atoms with Crippen LogP contribution in [0.4, 0.5) is 17.3 Å². The maximum absolute atomic E-state index is 13.2. The van der Waals surface area contributed by atoms with Crippen LogP contribution in [-0.2, 0) is 6.42 Å². The highest BCUT2D eigenvalue weighted by molar-refractivity contribution is 6.05. The van der Waals surface area contributed by atoms with Gasteiger partial charge in [0.1, 0.15) is 5.69 Å². The van der Waals surface area contributed by atoms with Crippen LogP contribution in [0.2, 0.25) is 0 Å². The average molecular weight is 386 g/mol. The molecule has 1 amide bonds. The van der Waals surface area contributed by atoms with Gasteiger partial charge in [-0.15, -0.1) is 0 Å². The smallest absolute Gasteiger partial charge is 0.277 e. The van der Waals surface area contributed by atoms with Gasteiger partial charge in [0, 0.05) is 29.2 Å². The molecule has 0 bridgehead atoms. The third-order valence-electron chi connectivity index (χ3n) is 4.95. The van der Waals surface area contributed by atoms with E-state index in [2.05, 4.69) is 21.4 Å². The summed E-state index contributed by atoms with van der Waals surface area (Å²) in [5, 5.41) is 3.11. The number of ketones is 1. The fraction of sp³-hybridized carbons (Fsp3) is 0.217. The fourth-order valence-corrected chi connectivity index (χ4v) is 3.56. The van der Waals surface area contributed by atoms with Gasteiger partial charge in [-0.1, -0.05) is 30.3 Å². The number of para-hydroxylation sites is 1. The molecule has 0 saturated carbocycles. The molecule has 6 nitrogen and oxygen atoms in total. The number of nitrogens with one attached hydrogen (secondary N) is 1. The molecule has 2 heterocycles. The van der Waals surface area contributed by atoms with E-state index in [1.165, 1.54) is 12.5 Å². The first-order chi connectivity index (χ1) is 14.0. The molecule has 1 aliphatic heterocycles. The number of hydrogen-bond acceptors (Lipinski definition) is 5. The first kappa shape index (κ1) is 18.8. The molecule has 0 saturated heterocycles. The second kappa shape index (κ2) is 7.83. The minimum atomic E-state index is -0.136. The third-order valence-corrected chi connectivity index (χ3v) is 4.95. The van der Waals surface area contributed by atoms with Crippen LogP contribution in [0.3, 0.4) is 0 Å². The molecule has 2 aromatic carbocycles. The topological polar surface area (TPSA) is 75.2 Å². The molecule has 0 fully saturated rings. The number of benzene rings is 2. The molecule has 0 radical (unpaired) electrons. The van der Waals surface area contributed by atoms with Gasteiger partial charge < -0.3 is 10.2 Å². The predicted molar refractivity (Wildman–Crippen MR) is 113 cm³/mol. The van der Waals surface area contributed by atoms with E-state index in [4.69, 9.17) is 0 Å². The third kappa shape index (κ3) is 4.01. The highest BCUT2D eigenvalue weighted by Crippen LogP contribution is 2.28. The Hall–Kier alpha value is -3.54. The molecule has 3 aromatic rings. The van der Waals surface area contributed by atoms with Gasteiger partial charge in [-0.2, -0.15) is 0 Å². The van der Waals surface area contributed by atoms with E-state index < -0.39 is 0 Å². The SMILES string of the molecule is CC(=O)c1cccc(Nc2nc(C)cc(C(=O)N3CCCc4ccccc43)n2)c1. The number of nitrogens with zero attached hydrogens (tertiary/aromatic N) is 3. The number of Topliss-reactive ketones (excluding diaryl/α,β-unsaturated/α-hetero) is 1. The number of carbonyl (C=O) groups is 2. The highest BCUT2D eigenvalue weighted by Gasteiger charge is 2.24. The molecular formula is C23H22N4O2. The number of anilines is 3. The van der Waals surface area contributed by atoms with Crippen molar-refractivity contribution in [2.45, 2.75) is 26.7 Å². The molecular weight excluding hydrogens is 364 g/mol. The molecule has 4 rings (SSSR count). The lowest BCUT2D eigenvalue weighted by atomic mass is 10.0. The Morgan fingerprint density at radius 3 is 2.69 bits per heavy atom. The second-order valence-corrected chi connectivity index (χ2v) is 7.17. The molecule has 0 aliphatic carbocycles. The van der Waals surface area contributed by atoms with E-state index in [0.717, 1.165) is 18.5 Å². The molecule has 0 spiro atoms. The standard InChI is InChI=1S/C23H22N4O2/c1-15-13-20(22(29)27-12-6-9-17-7-3-4-11-21(17)27)26-23(24-15)25-19-10-5-8-18(14-19)16(2)28/h3-5,7-8,10-11,13-14H,6,9,12H2,1-2H3,(H,24,25,26). The van der Waals surface area contributed by atoms with Crippen LogP contribution in [0.25, 0.3) is 0 Å². The largest absolute Gasteiger partial charge is 0.324 e. The Morgan fingerprint density at radius 2 is 1.86 bits per heavy atom. The summed E-state index contributed by atoms with van der Waals surface area (Å²) in [6.45, 7) is 4.03. The number of carbonyl (C=O) groups excluding carboxylic acids is 2. The van der Waals surface area contributed by atoms with E-state index in [-0.39, 0.29) is 11.7 Å². The summed E-state index contributed by atoms with van der Waals surface area (Å²) < 4.78 is 0. The van der Waals surface area contributed by atoms with Gasteiger partial charge in [0.05, 0.1) is 0 Å². The van der Waals surface area contributed by atoms with Crippen molar-refractivity contribution < 1.29 is 9.59 Å². The second-order valence-electron chi connectivity index (χ2n) is 7.17. The summed E-state index contributed by atoms with van der Waals surface area (Å²) >= 11 is 0. The van der Waals surface area contributed by atoms with Gasteiger partial charge in [-0.05, 0) is 56.5 Å². The van der Waals surface area contributed by atoms with Crippen molar-refractivity contribution in [2.75, 3.05) is 16.8 Å². The first-order valence-corrected chi connectivity index (χ1v) is 9.65. The number of rotatable bonds is 4. The van der Waals surface area contributed by atoms with E-state index in [0.29, 0.717) is 35.1 Å². The Bertz CT molecular complexity index is 1090. The number of fused-ring (bicyclic) bond motifs is 1. The van der Waals surface area contributed by atoms with Crippen LogP contribution in [0.15, 0.2) is 54.6 Å². The Morgan fingerprint density at radius 1 is 1.03 bits per heavy atom. The van der Waals surface area contributed by atoms with Crippen molar-refractivity contribution in [3.05, 3.63) is 77.1 Å².